The number of thioether (sulfide) groups is 1. The van der Waals surface area contributed by atoms with Gasteiger partial charge in [-0.3, -0.25) is 9.36 Å². The molecular weight excluding hydrogens is 414 g/mol. The molecule has 0 spiro atoms. The fraction of sp³-hybridized carbons (Fsp3) is 0.526. The molecule has 10 heteroatoms. The van der Waals surface area contributed by atoms with Gasteiger partial charge in [-0.25, -0.2) is 0 Å². The second-order valence-corrected chi connectivity index (χ2v) is 8.29. The number of anilines is 2. The van der Waals surface area contributed by atoms with Crippen molar-refractivity contribution in [3.63, 3.8) is 0 Å². The number of nitrogens with one attached hydrogen (secondary N) is 1. The summed E-state index contributed by atoms with van der Waals surface area (Å²) < 4.78 is 13.4. The first-order valence-corrected chi connectivity index (χ1v) is 11.1. The molecule has 3 heterocycles. The first-order chi connectivity index (χ1) is 14.2. The van der Waals surface area contributed by atoms with Crippen LogP contribution in [0.3, 0.4) is 0 Å². The van der Waals surface area contributed by atoms with E-state index in [2.05, 4.69) is 25.0 Å². The maximum Gasteiger partial charge on any atom is 0.234 e. The first-order valence-electron chi connectivity index (χ1n) is 9.75. The van der Waals surface area contributed by atoms with E-state index in [1.54, 1.807) is 12.1 Å². The Morgan fingerprint density at radius 1 is 1.24 bits per heavy atom. The maximum atomic E-state index is 12.4. The lowest BCUT2D eigenvalue weighted by atomic mass is 10.2. The maximum absolute atomic E-state index is 12.4. The van der Waals surface area contributed by atoms with Crippen molar-refractivity contribution in [1.82, 2.24) is 14.8 Å². The lowest BCUT2D eigenvalue weighted by Gasteiger charge is -2.28. The van der Waals surface area contributed by atoms with Gasteiger partial charge in [0.05, 0.1) is 42.3 Å². The minimum atomic E-state index is -0.136. The van der Waals surface area contributed by atoms with Crippen molar-refractivity contribution in [2.45, 2.75) is 30.6 Å². The molecule has 8 nitrogen and oxygen atoms in total. The van der Waals surface area contributed by atoms with Gasteiger partial charge in [-0.15, -0.1) is 10.2 Å². The van der Waals surface area contributed by atoms with E-state index in [-0.39, 0.29) is 17.8 Å². The SMILES string of the molecule is O=C(CSc1nnc(N2CCOCC2)n1CC1CCCO1)Nc1ccccc1Cl. The quantitative estimate of drug-likeness (QED) is 0.667. The molecule has 1 aromatic heterocycles. The summed E-state index contributed by atoms with van der Waals surface area (Å²) in [6, 6.07) is 7.19. The van der Waals surface area contributed by atoms with E-state index in [0.29, 0.717) is 30.5 Å². The molecule has 0 radical (unpaired) electrons. The van der Waals surface area contributed by atoms with E-state index in [1.807, 2.05) is 12.1 Å². The standard InChI is InChI=1S/C19H24ClN5O3S/c20-15-5-1-2-6-16(15)21-17(26)13-29-19-23-22-18(24-7-10-27-11-8-24)25(19)12-14-4-3-9-28-14/h1-2,5-6,14H,3-4,7-13H2,(H,21,26). The van der Waals surface area contributed by atoms with Crippen LogP contribution in [0, 0.1) is 0 Å². The largest absolute Gasteiger partial charge is 0.378 e. The van der Waals surface area contributed by atoms with Gasteiger partial charge in [0.25, 0.3) is 0 Å². The number of carbonyl (C=O) groups excluding carboxylic acids is 1. The molecule has 1 amide bonds. The zero-order valence-electron chi connectivity index (χ0n) is 16.1. The Labute approximate surface area is 178 Å². The molecule has 2 aromatic rings. The zero-order valence-corrected chi connectivity index (χ0v) is 17.6. The van der Waals surface area contributed by atoms with Crippen molar-refractivity contribution >= 4 is 40.9 Å². The van der Waals surface area contributed by atoms with Gasteiger partial charge < -0.3 is 19.7 Å². The molecule has 2 saturated heterocycles. The van der Waals surface area contributed by atoms with Gasteiger partial charge in [0, 0.05) is 19.7 Å². The predicted molar refractivity (Wildman–Crippen MR) is 113 cm³/mol. The van der Waals surface area contributed by atoms with Gasteiger partial charge in [0.15, 0.2) is 5.16 Å². The summed E-state index contributed by atoms with van der Waals surface area (Å²) in [6.45, 7) is 4.39. The highest BCUT2D eigenvalue weighted by Gasteiger charge is 2.25. The van der Waals surface area contributed by atoms with E-state index in [9.17, 15) is 4.79 Å². The normalized spacial score (nSPS) is 19.5. The number of morpholine rings is 1. The van der Waals surface area contributed by atoms with Crippen molar-refractivity contribution in [1.29, 1.82) is 0 Å². The average Bonchev–Trinajstić information content (AvgIpc) is 3.39. The third-order valence-corrected chi connectivity index (χ3v) is 6.18. The Morgan fingerprint density at radius 2 is 2.07 bits per heavy atom. The summed E-state index contributed by atoms with van der Waals surface area (Å²) >= 11 is 7.49. The topological polar surface area (TPSA) is 81.5 Å². The van der Waals surface area contributed by atoms with Crippen LogP contribution in [0.2, 0.25) is 5.02 Å². The third-order valence-electron chi connectivity index (χ3n) is 4.88. The molecule has 1 aromatic carbocycles. The van der Waals surface area contributed by atoms with Gasteiger partial charge in [0.2, 0.25) is 11.9 Å². The van der Waals surface area contributed by atoms with E-state index in [4.69, 9.17) is 21.1 Å². The van der Waals surface area contributed by atoms with Crippen LogP contribution in [-0.4, -0.2) is 65.4 Å². The van der Waals surface area contributed by atoms with Crippen molar-refractivity contribution in [2.24, 2.45) is 0 Å². The van der Waals surface area contributed by atoms with Gasteiger partial charge in [-0.05, 0) is 25.0 Å². The molecule has 29 heavy (non-hydrogen) atoms. The number of amides is 1. The number of ether oxygens (including phenoxy) is 2. The molecule has 2 aliphatic heterocycles. The summed E-state index contributed by atoms with van der Waals surface area (Å²) in [4.78, 5) is 14.6. The van der Waals surface area contributed by atoms with Crippen LogP contribution in [-0.2, 0) is 20.8 Å². The van der Waals surface area contributed by atoms with Crippen LogP contribution in [0.15, 0.2) is 29.4 Å². The van der Waals surface area contributed by atoms with E-state index < -0.39 is 0 Å². The summed E-state index contributed by atoms with van der Waals surface area (Å²) in [6.07, 6.45) is 2.25. The van der Waals surface area contributed by atoms with Gasteiger partial charge in [0.1, 0.15) is 0 Å². The number of nitrogens with zero attached hydrogens (tertiary/aromatic N) is 4. The molecule has 0 aliphatic carbocycles. The third kappa shape index (κ3) is 5.22. The number of carbonyl (C=O) groups is 1. The van der Waals surface area contributed by atoms with Crippen LogP contribution in [0.5, 0.6) is 0 Å². The number of halogens is 1. The summed E-state index contributed by atoms with van der Waals surface area (Å²) in [5.41, 5.74) is 0.606. The fourth-order valence-corrected chi connectivity index (χ4v) is 4.34. The molecule has 4 rings (SSSR count). The second kappa shape index (κ2) is 9.80. The number of hydrogen-bond acceptors (Lipinski definition) is 7. The highest BCUT2D eigenvalue weighted by Crippen LogP contribution is 2.26. The minimum absolute atomic E-state index is 0.136. The van der Waals surface area contributed by atoms with Gasteiger partial charge in [-0.1, -0.05) is 35.5 Å². The smallest absolute Gasteiger partial charge is 0.234 e. The molecule has 1 atom stereocenters. The highest BCUT2D eigenvalue weighted by molar-refractivity contribution is 7.99. The van der Waals surface area contributed by atoms with Crippen LogP contribution in [0.25, 0.3) is 0 Å². The summed E-state index contributed by atoms with van der Waals surface area (Å²) in [7, 11) is 0. The van der Waals surface area contributed by atoms with Crippen molar-refractivity contribution < 1.29 is 14.3 Å². The van der Waals surface area contributed by atoms with Crippen LogP contribution >= 0.6 is 23.4 Å². The minimum Gasteiger partial charge on any atom is -0.378 e. The molecule has 1 unspecified atom stereocenters. The Kier molecular flexibility index (Phi) is 6.91. The lowest BCUT2D eigenvalue weighted by Crippen LogP contribution is -2.38. The zero-order chi connectivity index (χ0) is 20.1. The number of hydrogen-bond donors (Lipinski definition) is 1. The number of aromatic nitrogens is 3. The molecule has 0 bridgehead atoms. The molecule has 0 saturated carbocycles. The first kappa shape index (κ1) is 20.5. The van der Waals surface area contributed by atoms with Crippen molar-refractivity contribution in [3.8, 4) is 0 Å². The second-order valence-electron chi connectivity index (χ2n) is 6.94. The predicted octanol–water partition coefficient (Wildman–Crippen LogP) is 2.68. The number of benzene rings is 1. The molecular formula is C19H24ClN5O3S. The van der Waals surface area contributed by atoms with Crippen molar-refractivity contribution in [2.75, 3.05) is 48.9 Å². The van der Waals surface area contributed by atoms with Crippen LogP contribution in [0.1, 0.15) is 12.8 Å². The number of para-hydroxylation sites is 1. The summed E-state index contributed by atoms with van der Waals surface area (Å²) in [5.74, 6) is 0.901. The van der Waals surface area contributed by atoms with Gasteiger partial charge >= 0.3 is 0 Å². The van der Waals surface area contributed by atoms with E-state index in [1.165, 1.54) is 11.8 Å². The molecule has 156 valence electrons. The Morgan fingerprint density at radius 3 is 2.83 bits per heavy atom. The molecule has 2 aliphatic rings. The number of rotatable bonds is 7. The molecule has 1 N–H and O–H groups in total. The Balaban J connectivity index is 1.44. The van der Waals surface area contributed by atoms with E-state index >= 15 is 0 Å². The Hall–Kier alpha value is -1.81. The van der Waals surface area contributed by atoms with Crippen LogP contribution in [0.4, 0.5) is 11.6 Å². The summed E-state index contributed by atoms with van der Waals surface area (Å²) in [5, 5.41) is 12.9. The molecule has 2 fully saturated rings. The van der Waals surface area contributed by atoms with Gasteiger partial charge in [-0.2, -0.15) is 0 Å². The van der Waals surface area contributed by atoms with Crippen molar-refractivity contribution in [3.05, 3.63) is 29.3 Å². The lowest BCUT2D eigenvalue weighted by molar-refractivity contribution is -0.113. The monoisotopic (exact) mass is 437 g/mol. The Bertz CT molecular complexity index is 837. The van der Waals surface area contributed by atoms with E-state index in [0.717, 1.165) is 43.6 Å². The average molecular weight is 438 g/mol. The fourth-order valence-electron chi connectivity index (χ4n) is 3.42. The van der Waals surface area contributed by atoms with Crippen LogP contribution < -0.4 is 10.2 Å². The highest BCUT2D eigenvalue weighted by atomic mass is 35.5.